The molecule has 2 aromatic rings. The van der Waals surface area contributed by atoms with Gasteiger partial charge in [0.25, 0.3) is 0 Å². The van der Waals surface area contributed by atoms with E-state index in [0.29, 0.717) is 5.69 Å². The molecule has 0 aliphatic heterocycles. The molecule has 3 heteroatoms. The zero-order valence-corrected chi connectivity index (χ0v) is 9.63. The van der Waals surface area contributed by atoms with E-state index in [1.165, 1.54) is 0 Å². The van der Waals surface area contributed by atoms with E-state index in [2.05, 4.69) is 4.98 Å². The van der Waals surface area contributed by atoms with E-state index >= 15 is 0 Å². The van der Waals surface area contributed by atoms with Crippen LogP contribution in [0.5, 0.6) is 0 Å². The van der Waals surface area contributed by atoms with Crippen LogP contribution in [0.4, 0.5) is 0 Å². The molecule has 3 nitrogen and oxygen atoms in total. The Bertz CT molecular complexity index is 506. The van der Waals surface area contributed by atoms with Crippen LogP contribution < -0.4 is 5.73 Å². The van der Waals surface area contributed by atoms with Gasteiger partial charge in [0, 0.05) is 11.8 Å². The molecule has 0 bridgehead atoms. The lowest BCUT2D eigenvalue weighted by molar-refractivity contribution is -0.119. The predicted octanol–water partition coefficient (Wildman–Crippen LogP) is 2.34. The minimum Gasteiger partial charge on any atom is -0.369 e. The van der Waals surface area contributed by atoms with E-state index in [4.69, 9.17) is 5.73 Å². The molecule has 1 amide bonds. The Hall–Kier alpha value is -2.16. The maximum atomic E-state index is 11.0. The van der Waals surface area contributed by atoms with Crippen LogP contribution >= 0.6 is 0 Å². The minimum absolute atomic E-state index is 0.347. The fourth-order valence-corrected chi connectivity index (χ4v) is 1.61. The van der Waals surface area contributed by atoms with Crippen molar-refractivity contribution in [3.05, 3.63) is 54.4 Å². The smallest absolute Gasteiger partial charge is 0.226 e. The summed E-state index contributed by atoms with van der Waals surface area (Å²) in [5.74, 6) is -0.704. The van der Waals surface area contributed by atoms with Crippen LogP contribution in [-0.4, -0.2) is 10.9 Å². The zero-order valence-electron chi connectivity index (χ0n) is 9.63. The fourth-order valence-electron chi connectivity index (χ4n) is 1.61. The second-order valence-electron chi connectivity index (χ2n) is 3.96. The molecular weight excluding hydrogens is 212 g/mol. The van der Waals surface area contributed by atoms with Crippen molar-refractivity contribution < 1.29 is 4.79 Å². The summed E-state index contributed by atoms with van der Waals surface area (Å²) in [5.41, 5.74) is 8.09. The van der Waals surface area contributed by atoms with Gasteiger partial charge < -0.3 is 5.73 Å². The van der Waals surface area contributed by atoms with Gasteiger partial charge in [-0.2, -0.15) is 0 Å². The number of nitrogens with zero attached hydrogens (tertiary/aromatic N) is 1. The molecule has 0 fully saturated rings. The maximum Gasteiger partial charge on any atom is 0.226 e. The number of carbonyl (C=O) groups excluding carboxylic acids is 1. The molecule has 2 rings (SSSR count). The molecule has 2 N–H and O–H groups in total. The van der Waals surface area contributed by atoms with Gasteiger partial charge in [-0.15, -0.1) is 0 Å². The molecule has 0 spiro atoms. The van der Waals surface area contributed by atoms with Gasteiger partial charge in [0.2, 0.25) is 5.91 Å². The summed E-state index contributed by atoms with van der Waals surface area (Å²) in [6, 6.07) is 13.8. The van der Waals surface area contributed by atoms with Crippen LogP contribution in [-0.2, 0) is 4.79 Å². The molecule has 17 heavy (non-hydrogen) atoms. The lowest BCUT2D eigenvalue weighted by atomic mass is 10.0. The number of primary amides is 1. The van der Waals surface area contributed by atoms with Gasteiger partial charge >= 0.3 is 0 Å². The van der Waals surface area contributed by atoms with Gasteiger partial charge in [-0.1, -0.05) is 36.4 Å². The fraction of sp³-hybridized carbons (Fsp3) is 0.143. The third kappa shape index (κ3) is 2.50. The molecule has 1 unspecified atom stereocenters. The molecule has 0 aliphatic rings. The summed E-state index contributed by atoms with van der Waals surface area (Å²) < 4.78 is 0. The Morgan fingerprint density at radius 1 is 1.12 bits per heavy atom. The highest BCUT2D eigenvalue weighted by molar-refractivity contribution is 5.81. The van der Waals surface area contributed by atoms with Crippen LogP contribution in [0.15, 0.2) is 48.7 Å². The Morgan fingerprint density at radius 2 is 1.82 bits per heavy atom. The average molecular weight is 226 g/mol. The number of pyridine rings is 1. The quantitative estimate of drug-likeness (QED) is 0.873. The summed E-state index contributed by atoms with van der Waals surface area (Å²) in [6.45, 7) is 1.76. The Balaban J connectivity index is 2.28. The van der Waals surface area contributed by atoms with E-state index in [1.54, 1.807) is 13.1 Å². The van der Waals surface area contributed by atoms with E-state index < -0.39 is 0 Å². The van der Waals surface area contributed by atoms with E-state index in [1.807, 2.05) is 42.5 Å². The first-order chi connectivity index (χ1) is 8.18. The number of hydrogen-bond donors (Lipinski definition) is 1. The molecular formula is C14H14N2O. The monoisotopic (exact) mass is 226 g/mol. The first kappa shape index (κ1) is 11.3. The van der Waals surface area contributed by atoms with Crippen LogP contribution in [0.1, 0.15) is 18.5 Å². The van der Waals surface area contributed by atoms with Crippen molar-refractivity contribution in [2.24, 2.45) is 5.73 Å². The Morgan fingerprint density at radius 3 is 2.35 bits per heavy atom. The van der Waals surface area contributed by atoms with Gasteiger partial charge in [0.15, 0.2) is 0 Å². The largest absolute Gasteiger partial charge is 0.369 e. The summed E-state index contributed by atoms with van der Waals surface area (Å²) in [6.07, 6.45) is 1.77. The van der Waals surface area contributed by atoms with E-state index in [-0.39, 0.29) is 11.8 Å². The molecule has 0 aliphatic carbocycles. The van der Waals surface area contributed by atoms with Crippen molar-refractivity contribution in [1.29, 1.82) is 0 Å². The van der Waals surface area contributed by atoms with Crippen LogP contribution in [0.3, 0.4) is 0 Å². The van der Waals surface area contributed by atoms with Gasteiger partial charge in [0.05, 0.1) is 11.6 Å². The van der Waals surface area contributed by atoms with E-state index in [9.17, 15) is 4.79 Å². The first-order valence-electron chi connectivity index (χ1n) is 5.49. The van der Waals surface area contributed by atoms with Crippen molar-refractivity contribution in [2.75, 3.05) is 0 Å². The second-order valence-corrected chi connectivity index (χ2v) is 3.96. The number of nitrogens with two attached hydrogens (primary N) is 1. The van der Waals surface area contributed by atoms with Crippen LogP contribution in [0, 0.1) is 0 Å². The maximum absolute atomic E-state index is 11.0. The molecule has 0 saturated heterocycles. The van der Waals surface area contributed by atoms with Gasteiger partial charge in [0.1, 0.15) is 0 Å². The number of benzene rings is 1. The second kappa shape index (κ2) is 4.78. The molecule has 1 aromatic heterocycles. The molecule has 1 atom stereocenters. The first-order valence-corrected chi connectivity index (χ1v) is 5.49. The van der Waals surface area contributed by atoms with E-state index in [0.717, 1.165) is 11.1 Å². The number of hydrogen-bond acceptors (Lipinski definition) is 2. The number of rotatable bonds is 3. The van der Waals surface area contributed by atoms with Gasteiger partial charge in [-0.05, 0) is 18.6 Å². The lowest BCUT2D eigenvalue weighted by Gasteiger charge is -2.07. The Kier molecular flexibility index (Phi) is 3.19. The third-order valence-corrected chi connectivity index (χ3v) is 2.76. The highest BCUT2D eigenvalue weighted by atomic mass is 16.1. The minimum atomic E-state index is -0.357. The summed E-state index contributed by atoms with van der Waals surface area (Å²) in [5, 5.41) is 0. The highest BCUT2D eigenvalue weighted by Gasteiger charge is 2.12. The SMILES string of the molecule is CC(C(N)=O)c1ccc(-c2ccccc2)cn1. The number of carbonyl (C=O) groups is 1. The van der Waals surface area contributed by atoms with Crippen LogP contribution in [0.25, 0.3) is 11.1 Å². The highest BCUT2D eigenvalue weighted by Crippen LogP contribution is 2.20. The zero-order chi connectivity index (χ0) is 12.3. The topological polar surface area (TPSA) is 56.0 Å². The third-order valence-electron chi connectivity index (χ3n) is 2.76. The molecule has 86 valence electrons. The molecule has 0 saturated carbocycles. The summed E-state index contributed by atoms with van der Waals surface area (Å²) in [4.78, 5) is 15.3. The Labute approximate surface area is 100 Å². The average Bonchev–Trinajstić information content (AvgIpc) is 2.39. The lowest BCUT2D eigenvalue weighted by Crippen LogP contribution is -2.19. The van der Waals surface area contributed by atoms with Crippen molar-refractivity contribution in [3.8, 4) is 11.1 Å². The molecule has 0 radical (unpaired) electrons. The van der Waals surface area contributed by atoms with Crippen molar-refractivity contribution >= 4 is 5.91 Å². The number of aromatic nitrogens is 1. The predicted molar refractivity (Wildman–Crippen MR) is 67.3 cm³/mol. The summed E-state index contributed by atoms with van der Waals surface area (Å²) in [7, 11) is 0. The summed E-state index contributed by atoms with van der Waals surface area (Å²) >= 11 is 0. The van der Waals surface area contributed by atoms with Crippen molar-refractivity contribution in [3.63, 3.8) is 0 Å². The standard InChI is InChI=1S/C14H14N2O/c1-10(14(15)17)13-8-7-12(9-16-13)11-5-3-2-4-6-11/h2-10H,1H3,(H2,15,17). The van der Waals surface area contributed by atoms with Crippen molar-refractivity contribution in [2.45, 2.75) is 12.8 Å². The molecule has 1 heterocycles. The number of amides is 1. The normalized spacial score (nSPS) is 12.1. The van der Waals surface area contributed by atoms with Gasteiger partial charge in [-0.25, -0.2) is 0 Å². The molecule has 1 aromatic carbocycles. The van der Waals surface area contributed by atoms with Crippen molar-refractivity contribution in [1.82, 2.24) is 4.98 Å². The van der Waals surface area contributed by atoms with Crippen LogP contribution in [0.2, 0.25) is 0 Å². The van der Waals surface area contributed by atoms with Gasteiger partial charge in [-0.3, -0.25) is 9.78 Å².